The molecular weight excluding hydrogens is 294 g/mol. The van der Waals surface area contributed by atoms with Crippen molar-refractivity contribution in [1.82, 2.24) is 4.98 Å². The second kappa shape index (κ2) is 6.36. The maximum absolute atomic E-state index is 12.0. The van der Waals surface area contributed by atoms with E-state index in [1.165, 1.54) is 13.5 Å². The van der Waals surface area contributed by atoms with Crippen molar-refractivity contribution < 1.29 is 19.1 Å². The van der Waals surface area contributed by atoms with E-state index in [2.05, 4.69) is 4.98 Å². The van der Waals surface area contributed by atoms with E-state index >= 15 is 0 Å². The van der Waals surface area contributed by atoms with Crippen LogP contribution in [0.4, 0.5) is 0 Å². The molecular formula is C18H19NO4. The zero-order valence-corrected chi connectivity index (χ0v) is 13.3. The van der Waals surface area contributed by atoms with Gasteiger partial charge in [0.25, 0.3) is 0 Å². The maximum atomic E-state index is 12.0. The van der Waals surface area contributed by atoms with Crippen LogP contribution in [0.25, 0.3) is 10.9 Å². The molecule has 0 unspecified atom stereocenters. The number of carbonyl (C=O) groups is 2. The molecule has 0 aliphatic heterocycles. The third kappa shape index (κ3) is 2.67. The van der Waals surface area contributed by atoms with Crippen LogP contribution in [0.3, 0.4) is 0 Å². The Labute approximate surface area is 134 Å². The van der Waals surface area contributed by atoms with Gasteiger partial charge in [0.15, 0.2) is 6.29 Å². The quantitative estimate of drug-likeness (QED) is 0.624. The van der Waals surface area contributed by atoms with E-state index in [1.807, 2.05) is 12.1 Å². The number of aldehydes is 1. The van der Waals surface area contributed by atoms with Gasteiger partial charge in [0.1, 0.15) is 5.56 Å². The van der Waals surface area contributed by atoms with Gasteiger partial charge in [-0.3, -0.25) is 4.79 Å². The number of ether oxygens (including phenoxy) is 2. The fraction of sp³-hybridized carbons (Fsp3) is 0.389. The number of benzene rings is 1. The molecule has 0 N–H and O–H groups in total. The van der Waals surface area contributed by atoms with Gasteiger partial charge >= 0.3 is 5.97 Å². The summed E-state index contributed by atoms with van der Waals surface area (Å²) in [5.41, 5.74) is 2.49. The first-order valence-corrected chi connectivity index (χ1v) is 7.83. The second-order valence-corrected chi connectivity index (χ2v) is 5.65. The van der Waals surface area contributed by atoms with Gasteiger partial charge in [-0.15, -0.1) is 0 Å². The minimum atomic E-state index is -0.477. The van der Waals surface area contributed by atoms with E-state index in [1.54, 1.807) is 13.0 Å². The number of methoxy groups -OCH3 is 1. The van der Waals surface area contributed by atoms with Crippen molar-refractivity contribution in [2.45, 2.75) is 32.1 Å². The number of hydrogen-bond acceptors (Lipinski definition) is 5. The molecule has 5 heteroatoms. The number of pyridine rings is 1. The minimum Gasteiger partial charge on any atom is -0.480 e. The Kier molecular flexibility index (Phi) is 4.28. The van der Waals surface area contributed by atoms with E-state index in [9.17, 15) is 9.59 Å². The number of hydrogen-bond donors (Lipinski definition) is 0. The third-order valence-electron chi connectivity index (χ3n) is 4.38. The summed E-state index contributed by atoms with van der Waals surface area (Å²) < 4.78 is 10.3. The number of carbonyl (C=O) groups excluding carboxylic acids is 2. The Morgan fingerprint density at radius 1 is 1.39 bits per heavy atom. The van der Waals surface area contributed by atoms with Crippen molar-refractivity contribution in [1.29, 1.82) is 0 Å². The zero-order valence-electron chi connectivity index (χ0n) is 13.3. The summed E-state index contributed by atoms with van der Waals surface area (Å²) in [7, 11) is 1.45. The molecule has 0 saturated heterocycles. The molecule has 2 aromatic rings. The molecule has 0 atom stereocenters. The molecule has 0 bridgehead atoms. The molecule has 120 valence electrons. The Morgan fingerprint density at radius 2 is 2.17 bits per heavy atom. The van der Waals surface area contributed by atoms with Crippen molar-refractivity contribution in [3.05, 3.63) is 34.9 Å². The summed E-state index contributed by atoms with van der Waals surface area (Å²) in [4.78, 5) is 28.1. The monoisotopic (exact) mass is 313 g/mol. The van der Waals surface area contributed by atoms with Gasteiger partial charge in [-0.2, -0.15) is 0 Å². The average Bonchev–Trinajstić information content (AvgIpc) is 2.52. The van der Waals surface area contributed by atoms with Gasteiger partial charge in [-0.25, -0.2) is 9.78 Å². The van der Waals surface area contributed by atoms with Gasteiger partial charge < -0.3 is 9.47 Å². The van der Waals surface area contributed by atoms with Gasteiger partial charge in [0.05, 0.1) is 19.2 Å². The molecule has 23 heavy (non-hydrogen) atoms. The van der Waals surface area contributed by atoms with E-state index in [0.29, 0.717) is 17.0 Å². The van der Waals surface area contributed by atoms with Gasteiger partial charge in [0, 0.05) is 10.9 Å². The standard InChI is InChI=1S/C18H19NO4/c1-3-23-18(21)14-9-12-7-8-13(11-5-4-6-11)15(10-20)16(12)19-17(14)22-2/h7-11H,3-6H2,1-2H3. The molecule has 1 fully saturated rings. The highest BCUT2D eigenvalue weighted by Gasteiger charge is 2.25. The van der Waals surface area contributed by atoms with Crippen LogP contribution < -0.4 is 4.74 Å². The predicted octanol–water partition coefficient (Wildman–Crippen LogP) is 3.50. The lowest BCUT2D eigenvalue weighted by Gasteiger charge is -2.27. The van der Waals surface area contributed by atoms with Gasteiger partial charge in [0.2, 0.25) is 5.88 Å². The Morgan fingerprint density at radius 3 is 2.74 bits per heavy atom. The third-order valence-corrected chi connectivity index (χ3v) is 4.38. The van der Waals surface area contributed by atoms with Crippen LogP contribution >= 0.6 is 0 Å². The highest BCUT2D eigenvalue weighted by Crippen LogP contribution is 2.39. The van der Waals surface area contributed by atoms with Crippen molar-refractivity contribution in [2.24, 2.45) is 0 Å². The van der Waals surface area contributed by atoms with Gasteiger partial charge in [-0.1, -0.05) is 18.6 Å². The van der Waals surface area contributed by atoms with E-state index in [4.69, 9.17) is 9.47 Å². The Balaban J connectivity index is 2.18. The van der Waals surface area contributed by atoms with Crippen molar-refractivity contribution in [2.75, 3.05) is 13.7 Å². The lowest BCUT2D eigenvalue weighted by Crippen LogP contribution is -2.12. The first-order valence-electron chi connectivity index (χ1n) is 7.83. The SMILES string of the molecule is CCOC(=O)c1cc2ccc(C3CCC3)c(C=O)c2nc1OC. The first kappa shape index (κ1) is 15.5. The molecule has 0 amide bonds. The van der Waals surface area contributed by atoms with Crippen LogP contribution in [0.1, 0.15) is 58.4 Å². The highest BCUT2D eigenvalue weighted by atomic mass is 16.5. The van der Waals surface area contributed by atoms with Crippen LogP contribution in [0.15, 0.2) is 18.2 Å². The average molecular weight is 313 g/mol. The number of rotatable bonds is 5. The second-order valence-electron chi connectivity index (χ2n) is 5.65. The summed E-state index contributed by atoms with van der Waals surface area (Å²) in [6, 6.07) is 5.56. The summed E-state index contributed by atoms with van der Waals surface area (Å²) in [5, 5.41) is 0.735. The highest BCUT2D eigenvalue weighted by molar-refractivity contribution is 6.02. The maximum Gasteiger partial charge on any atom is 0.343 e. The molecule has 1 aromatic carbocycles. The van der Waals surface area contributed by atoms with E-state index in [-0.39, 0.29) is 18.1 Å². The predicted molar refractivity (Wildman–Crippen MR) is 86.2 cm³/mol. The summed E-state index contributed by atoms with van der Waals surface area (Å²) in [5.74, 6) is 0.136. The Bertz CT molecular complexity index is 765. The largest absolute Gasteiger partial charge is 0.480 e. The van der Waals surface area contributed by atoms with Crippen molar-refractivity contribution in [3.63, 3.8) is 0 Å². The van der Waals surface area contributed by atoms with Gasteiger partial charge in [-0.05, 0) is 37.3 Å². The number of nitrogens with zero attached hydrogens (tertiary/aromatic N) is 1. The summed E-state index contributed by atoms with van der Waals surface area (Å²) in [6.45, 7) is 2.02. The number of aromatic nitrogens is 1. The van der Waals surface area contributed by atoms with E-state index in [0.717, 1.165) is 30.1 Å². The Hall–Kier alpha value is -2.43. The van der Waals surface area contributed by atoms with Crippen LogP contribution in [0.2, 0.25) is 0 Å². The van der Waals surface area contributed by atoms with Crippen molar-refractivity contribution in [3.8, 4) is 5.88 Å². The fourth-order valence-corrected chi connectivity index (χ4v) is 2.97. The van der Waals surface area contributed by atoms with E-state index < -0.39 is 5.97 Å². The smallest absolute Gasteiger partial charge is 0.343 e. The van der Waals surface area contributed by atoms with Crippen LogP contribution in [0, 0.1) is 0 Å². The fourth-order valence-electron chi connectivity index (χ4n) is 2.97. The zero-order chi connectivity index (χ0) is 16.4. The molecule has 0 radical (unpaired) electrons. The normalized spacial score (nSPS) is 14.3. The topological polar surface area (TPSA) is 65.5 Å². The lowest BCUT2D eigenvalue weighted by atomic mass is 9.78. The molecule has 1 aliphatic rings. The van der Waals surface area contributed by atoms with Crippen LogP contribution in [-0.4, -0.2) is 31.0 Å². The number of fused-ring (bicyclic) bond motifs is 1. The number of esters is 1. The molecule has 1 aliphatic carbocycles. The first-order chi connectivity index (χ1) is 11.2. The van der Waals surface area contributed by atoms with Crippen LogP contribution in [0.5, 0.6) is 5.88 Å². The minimum absolute atomic E-state index is 0.185. The molecule has 3 rings (SSSR count). The summed E-state index contributed by atoms with van der Waals surface area (Å²) in [6.07, 6.45) is 4.25. The molecule has 1 saturated carbocycles. The molecule has 1 heterocycles. The summed E-state index contributed by atoms with van der Waals surface area (Å²) >= 11 is 0. The van der Waals surface area contributed by atoms with Crippen molar-refractivity contribution >= 4 is 23.2 Å². The molecule has 1 aromatic heterocycles. The molecule has 0 spiro atoms. The van der Waals surface area contributed by atoms with Crippen LogP contribution in [-0.2, 0) is 4.74 Å². The lowest BCUT2D eigenvalue weighted by molar-refractivity contribution is 0.0522. The molecule has 5 nitrogen and oxygen atoms in total.